The van der Waals surface area contributed by atoms with Crippen LogP contribution < -0.4 is 5.32 Å². The van der Waals surface area contributed by atoms with Gasteiger partial charge in [0.25, 0.3) is 0 Å². The van der Waals surface area contributed by atoms with Gasteiger partial charge in [-0.15, -0.1) is 0 Å². The Hall–Kier alpha value is -0.480. The van der Waals surface area contributed by atoms with E-state index in [4.69, 9.17) is 0 Å². The maximum atomic E-state index is 4.19. The lowest BCUT2D eigenvalue weighted by Crippen LogP contribution is -2.28. The minimum atomic E-state index is 0.622. The molecule has 0 saturated carbocycles. The van der Waals surface area contributed by atoms with Crippen LogP contribution >= 0.6 is 11.8 Å². The first kappa shape index (κ1) is 13.6. The van der Waals surface area contributed by atoms with Crippen LogP contribution in [-0.4, -0.2) is 34.4 Å². The van der Waals surface area contributed by atoms with Crippen LogP contribution in [0.15, 0.2) is 12.4 Å². The maximum absolute atomic E-state index is 4.19. The van der Waals surface area contributed by atoms with Crippen LogP contribution in [0.5, 0.6) is 0 Å². The minimum absolute atomic E-state index is 0.622. The Morgan fingerprint density at radius 1 is 1.56 bits per heavy atom. The number of aromatic nitrogens is 2. The standard InChI is InChI=1S/C12H23N3S/c1-4-7-16-10-12(13-2)6-5-11-8-14-15(3)9-11/h8-9,12-13H,4-7,10H2,1-3H3. The Morgan fingerprint density at radius 3 is 2.94 bits per heavy atom. The van der Waals surface area contributed by atoms with Gasteiger partial charge in [-0.25, -0.2) is 0 Å². The molecular formula is C12H23N3S. The lowest BCUT2D eigenvalue weighted by molar-refractivity contribution is 0.572. The molecule has 92 valence electrons. The molecular weight excluding hydrogens is 218 g/mol. The van der Waals surface area contributed by atoms with Crippen molar-refractivity contribution in [2.45, 2.75) is 32.2 Å². The molecule has 1 atom stereocenters. The molecule has 0 aliphatic heterocycles. The zero-order valence-corrected chi connectivity index (χ0v) is 11.4. The molecule has 0 saturated heterocycles. The number of rotatable bonds is 8. The summed E-state index contributed by atoms with van der Waals surface area (Å²) in [4.78, 5) is 0. The minimum Gasteiger partial charge on any atom is -0.316 e. The average Bonchev–Trinajstić information content (AvgIpc) is 2.69. The fraction of sp³-hybridized carbons (Fsp3) is 0.750. The smallest absolute Gasteiger partial charge is 0.0521 e. The molecule has 1 N–H and O–H groups in total. The van der Waals surface area contributed by atoms with Crippen molar-refractivity contribution in [2.75, 3.05) is 18.6 Å². The first-order chi connectivity index (χ1) is 7.76. The Balaban J connectivity index is 2.22. The van der Waals surface area contributed by atoms with Crippen molar-refractivity contribution in [2.24, 2.45) is 7.05 Å². The van der Waals surface area contributed by atoms with E-state index in [0.717, 1.165) is 6.42 Å². The summed E-state index contributed by atoms with van der Waals surface area (Å²) in [6, 6.07) is 0.622. The summed E-state index contributed by atoms with van der Waals surface area (Å²) in [5.74, 6) is 2.48. The lowest BCUT2D eigenvalue weighted by atomic mass is 10.1. The normalized spacial score (nSPS) is 12.9. The Morgan fingerprint density at radius 2 is 2.38 bits per heavy atom. The molecule has 1 rings (SSSR count). The summed E-state index contributed by atoms with van der Waals surface area (Å²) in [5.41, 5.74) is 1.34. The van der Waals surface area contributed by atoms with Crippen molar-refractivity contribution in [3.8, 4) is 0 Å². The number of hydrogen-bond acceptors (Lipinski definition) is 3. The average molecular weight is 241 g/mol. The van der Waals surface area contributed by atoms with Crippen LogP contribution in [-0.2, 0) is 13.5 Å². The molecule has 0 spiro atoms. The van der Waals surface area contributed by atoms with Gasteiger partial charge in [-0.2, -0.15) is 16.9 Å². The van der Waals surface area contributed by atoms with Crippen LogP contribution in [0.3, 0.4) is 0 Å². The van der Waals surface area contributed by atoms with Crippen LogP contribution in [0.1, 0.15) is 25.3 Å². The third-order valence-electron chi connectivity index (χ3n) is 2.62. The van der Waals surface area contributed by atoms with Crippen LogP contribution in [0.25, 0.3) is 0 Å². The Labute approximate surface area is 103 Å². The number of aryl methyl sites for hydroxylation is 2. The molecule has 0 aliphatic rings. The molecule has 0 fully saturated rings. The summed E-state index contributed by atoms with van der Waals surface area (Å²) in [6.45, 7) is 2.23. The van der Waals surface area contributed by atoms with Gasteiger partial charge in [0.1, 0.15) is 0 Å². The van der Waals surface area contributed by atoms with Crippen molar-refractivity contribution in [1.29, 1.82) is 0 Å². The molecule has 4 heteroatoms. The topological polar surface area (TPSA) is 29.9 Å². The van der Waals surface area contributed by atoms with E-state index in [1.54, 1.807) is 0 Å². The summed E-state index contributed by atoms with van der Waals surface area (Å²) >= 11 is 2.04. The van der Waals surface area contributed by atoms with E-state index in [0.29, 0.717) is 6.04 Å². The first-order valence-corrected chi connectivity index (χ1v) is 7.14. The van der Waals surface area contributed by atoms with Gasteiger partial charge in [0.2, 0.25) is 0 Å². The zero-order chi connectivity index (χ0) is 11.8. The molecule has 16 heavy (non-hydrogen) atoms. The summed E-state index contributed by atoms with van der Waals surface area (Å²) in [5, 5.41) is 7.58. The Bertz CT molecular complexity index is 286. The van der Waals surface area contributed by atoms with Gasteiger partial charge in [0.05, 0.1) is 6.20 Å². The monoisotopic (exact) mass is 241 g/mol. The van der Waals surface area contributed by atoms with E-state index < -0.39 is 0 Å². The molecule has 0 aliphatic carbocycles. The lowest BCUT2D eigenvalue weighted by Gasteiger charge is -2.14. The second kappa shape index (κ2) is 7.74. The van der Waals surface area contributed by atoms with Crippen molar-refractivity contribution in [1.82, 2.24) is 15.1 Å². The van der Waals surface area contributed by atoms with Gasteiger partial charge in [-0.3, -0.25) is 4.68 Å². The van der Waals surface area contributed by atoms with Gasteiger partial charge < -0.3 is 5.32 Å². The molecule has 0 aromatic carbocycles. The van der Waals surface area contributed by atoms with E-state index in [2.05, 4.69) is 30.6 Å². The third kappa shape index (κ3) is 5.03. The number of hydrogen-bond donors (Lipinski definition) is 1. The first-order valence-electron chi connectivity index (χ1n) is 5.98. The van der Waals surface area contributed by atoms with Gasteiger partial charge in [0, 0.05) is 25.0 Å². The molecule has 3 nitrogen and oxygen atoms in total. The highest BCUT2D eigenvalue weighted by atomic mass is 32.2. The fourth-order valence-corrected chi connectivity index (χ4v) is 2.70. The van der Waals surface area contributed by atoms with E-state index in [9.17, 15) is 0 Å². The molecule has 0 bridgehead atoms. The summed E-state index contributed by atoms with van der Waals surface area (Å²) in [6.07, 6.45) is 7.65. The molecule has 1 heterocycles. The predicted octanol–water partition coefficient (Wildman–Crippen LogP) is 2.08. The van der Waals surface area contributed by atoms with Crippen LogP contribution in [0, 0.1) is 0 Å². The highest BCUT2D eigenvalue weighted by Gasteiger charge is 2.06. The Kier molecular flexibility index (Phi) is 6.57. The van der Waals surface area contributed by atoms with Crippen molar-refractivity contribution < 1.29 is 0 Å². The highest BCUT2D eigenvalue weighted by Crippen LogP contribution is 2.10. The zero-order valence-electron chi connectivity index (χ0n) is 10.6. The second-order valence-electron chi connectivity index (χ2n) is 4.12. The predicted molar refractivity (Wildman–Crippen MR) is 72.0 cm³/mol. The third-order valence-corrected chi connectivity index (χ3v) is 3.95. The molecule has 1 aromatic rings. The van der Waals surface area contributed by atoms with Crippen molar-refractivity contribution in [3.63, 3.8) is 0 Å². The van der Waals surface area contributed by atoms with E-state index in [1.165, 1.54) is 29.9 Å². The summed E-state index contributed by atoms with van der Waals surface area (Å²) < 4.78 is 1.87. The van der Waals surface area contributed by atoms with Crippen LogP contribution in [0.2, 0.25) is 0 Å². The van der Waals surface area contributed by atoms with E-state index in [1.807, 2.05) is 29.7 Å². The van der Waals surface area contributed by atoms with E-state index >= 15 is 0 Å². The largest absolute Gasteiger partial charge is 0.316 e. The number of nitrogens with one attached hydrogen (secondary N) is 1. The van der Waals surface area contributed by atoms with E-state index in [-0.39, 0.29) is 0 Å². The number of nitrogens with zero attached hydrogens (tertiary/aromatic N) is 2. The van der Waals surface area contributed by atoms with Crippen molar-refractivity contribution in [3.05, 3.63) is 18.0 Å². The molecule has 0 amide bonds. The molecule has 0 radical (unpaired) electrons. The second-order valence-corrected chi connectivity index (χ2v) is 5.27. The fourth-order valence-electron chi connectivity index (χ4n) is 1.62. The summed E-state index contributed by atoms with van der Waals surface area (Å²) in [7, 11) is 4.02. The van der Waals surface area contributed by atoms with Crippen molar-refractivity contribution >= 4 is 11.8 Å². The van der Waals surface area contributed by atoms with Gasteiger partial charge >= 0.3 is 0 Å². The van der Waals surface area contributed by atoms with Gasteiger partial charge in [-0.1, -0.05) is 6.92 Å². The van der Waals surface area contributed by atoms with Gasteiger partial charge in [-0.05, 0) is 37.6 Å². The van der Waals surface area contributed by atoms with Gasteiger partial charge in [0.15, 0.2) is 0 Å². The molecule has 1 aromatic heterocycles. The maximum Gasteiger partial charge on any atom is 0.0521 e. The quantitative estimate of drug-likeness (QED) is 0.707. The molecule has 1 unspecified atom stereocenters. The van der Waals surface area contributed by atoms with Crippen LogP contribution in [0.4, 0.5) is 0 Å². The SMILES string of the molecule is CCCSCC(CCc1cnn(C)c1)NC. The highest BCUT2D eigenvalue weighted by molar-refractivity contribution is 7.99. The number of thioether (sulfide) groups is 1.